The van der Waals surface area contributed by atoms with Crippen molar-refractivity contribution in [1.82, 2.24) is 4.68 Å². The number of hydrogen-bond acceptors (Lipinski definition) is 4. The van der Waals surface area contributed by atoms with Crippen LogP contribution in [0.1, 0.15) is 26.3 Å². The molecule has 0 atom stereocenters. The number of nitriles is 1. The van der Waals surface area contributed by atoms with Crippen LogP contribution < -0.4 is 11.0 Å². The molecular weight excluding hydrogens is 342 g/mol. The molecule has 0 saturated carbocycles. The Bertz CT molecular complexity index is 1100. The summed E-state index contributed by atoms with van der Waals surface area (Å²) >= 11 is 0. The zero-order valence-corrected chi connectivity index (χ0v) is 15.3. The van der Waals surface area contributed by atoms with E-state index in [0.29, 0.717) is 22.2 Å². The van der Waals surface area contributed by atoms with Crippen molar-refractivity contribution in [2.24, 2.45) is 0 Å². The van der Waals surface area contributed by atoms with Crippen LogP contribution in [-0.4, -0.2) is 16.4 Å². The van der Waals surface area contributed by atoms with Crippen molar-refractivity contribution in [3.8, 4) is 17.3 Å². The van der Waals surface area contributed by atoms with Crippen LogP contribution in [-0.2, 0) is 4.74 Å². The van der Waals surface area contributed by atoms with Crippen LogP contribution in [0.25, 0.3) is 22.0 Å². The van der Waals surface area contributed by atoms with Gasteiger partial charge in [0.1, 0.15) is 5.60 Å². The highest BCUT2D eigenvalue weighted by molar-refractivity contribution is 5.87. The van der Waals surface area contributed by atoms with E-state index in [1.54, 1.807) is 57.2 Å². The quantitative estimate of drug-likeness (QED) is 0.747. The molecule has 1 aromatic heterocycles. The zero-order valence-electron chi connectivity index (χ0n) is 15.3. The molecule has 0 saturated heterocycles. The highest BCUT2D eigenvalue weighted by Crippen LogP contribution is 2.22. The standard InChI is InChI=1S/C21H19N3O3/c1-21(2,3)27-20(26)23-24-18(15-10-8-14(13-22)9-11-15)12-16-6-4-5-7-17(16)19(24)25/h4-12H,1-3H3,(H,23,26). The minimum atomic E-state index is -0.727. The number of carbonyl (C=O) groups excluding carboxylic acids is 1. The molecule has 1 N–H and O–H groups in total. The second-order valence-corrected chi connectivity index (χ2v) is 7.06. The third-order valence-corrected chi connectivity index (χ3v) is 3.84. The predicted molar refractivity (Wildman–Crippen MR) is 104 cm³/mol. The van der Waals surface area contributed by atoms with Crippen LogP contribution in [0.3, 0.4) is 0 Å². The number of benzene rings is 2. The van der Waals surface area contributed by atoms with Crippen molar-refractivity contribution in [3.63, 3.8) is 0 Å². The van der Waals surface area contributed by atoms with Gasteiger partial charge in [-0.1, -0.05) is 30.3 Å². The summed E-state index contributed by atoms with van der Waals surface area (Å²) < 4.78 is 6.46. The van der Waals surface area contributed by atoms with Crippen LogP contribution >= 0.6 is 0 Å². The Kier molecular flexibility index (Phi) is 4.70. The summed E-state index contributed by atoms with van der Waals surface area (Å²) in [6, 6.07) is 17.8. The first kappa shape index (κ1) is 18.2. The first-order valence-electron chi connectivity index (χ1n) is 8.44. The number of amides is 1. The summed E-state index contributed by atoms with van der Waals surface area (Å²) in [5.41, 5.74) is 3.16. The van der Waals surface area contributed by atoms with E-state index in [0.717, 1.165) is 5.39 Å². The Hall–Kier alpha value is -3.59. The fourth-order valence-electron chi connectivity index (χ4n) is 2.69. The van der Waals surface area contributed by atoms with E-state index < -0.39 is 11.7 Å². The Morgan fingerprint density at radius 1 is 1.11 bits per heavy atom. The predicted octanol–water partition coefficient (Wildman–Crippen LogP) is 4.02. The lowest BCUT2D eigenvalue weighted by atomic mass is 10.1. The largest absolute Gasteiger partial charge is 0.443 e. The average Bonchev–Trinajstić information content (AvgIpc) is 2.62. The number of carbonyl (C=O) groups is 1. The van der Waals surface area contributed by atoms with Gasteiger partial charge in [0.2, 0.25) is 0 Å². The molecule has 2 aromatic carbocycles. The molecule has 0 bridgehead atoms. The summed E-state index contributed by atoms with van der Waals surface area (Å²) in [6.07, 6.45) is -0.727. The third-order valence-electron chi connectivity index (χ3n) is 3.84. The van der Waals surface area contributed by atoms with Crippen molar-refractivity contribution in [2.75, 3.05) is 5.43 Å². The highest BCUT2D eigenvalue weighted by atomic mass is 16.6. The molecule has 0 fully saturated rings. The topological polar surface area (TPSA) is 84.1 Å². The van der Waals surface area contributed by atoms with Crippen molar-refractivity contribution in [2.45, 2.75) is 26.4 Å². The van der Waals surface area contributed by atoms with Crippen molar-refractivity contribution < 1.29 is 9.53 Å². The molecule has 0 aliphatic carbocycles. The highest BCUT2D eigenvalue weighted by Gasteiger charge is 2.19. The van der Waals surface area contributed by atoms with Crippen molar-refractivity contribution >= 4 is 16.9 Å². The van der Waals surface area contributed by atoms with E-state index in [-0.39, 0.29) is 5.56 Å². The number of hydrogen-bond donors (Lipinski definition) is 1. The average molecular weight is 361 g/mol. The van der Waals surface area contributed by atoms with E-state index in [2.05, 4.69) is 11.5 Å². The van der Waals surface area contributed by atoms with Crippen LogP contribution in [0.5, 0.6) is 0 Å². The van der Waals surface area contributed by atoms with E-state index >= 15 is 0 Å². The monoisotopic (exact) mass is 361 g/mol. The van der Waals surface area contributed by atoms with Gasteiger partial charge in [0, 0.05) is 10.9 Å². The Balaban J connectivity index is 2.16. The second kappa shape index (κ2) is 6.96. The van der Waals surface area contributed by atoms with Gasteiger partial charge < -0.3 is 4.74 Å². The number of aromatic nitrogens is 1. The van der Waals surface area contributed by atoms with E-state index in [1.807, 2.05) is 18.2 Å². The Morgan fingerprint density at radius 2 is 1.78 bits per heavy atom. The zero-order chi connectivity index (χ0) is 19.6. The summed E-state index contributed by atoms with van der Waals surface area (Å²) in [5.74, 6) is 0. The molecule has 0 aliphatic rings. The fraction of sp³-hybridized carbons (Fsp3) is 0.190. The summed E-state index contributed by atoms with van der Waals surface area (Å²) in [5, 5.41) is 10.2. The molecule has 136 valence electrons. The Morgan fingerprint density at radius 3 is 2.41 bits per heavy atom. The molecule has 3 aromatic rings. The lowest BCUT2D eigenvalue weighted by molar-refractivity contribution is 0.0613. The fourth-order valence-corrected chi connectivity index (χ4v) is 2.69. The molecule has 0 radical (unpaired) electrons. The number of rotatable bonds is 2. The smallest absolute Gasteiger partial charge is 0.427 e. The SMILES string of the molecule is CC(C)(C)OC(=O)Nn1c(-c2ccc(C#N)cc2)cc2ccccc2c1=O. The molecule has 1 amide bonds. The number of nitrogens with one attached hydrogen (secondary N) is 1. The number of pyridine rings is 1. The molecule has 1 heterocycles. The molecule has 0 spiro atoms. The van der Waals surface area contributed by atoms with E-state index in [4.69, 9.17) is 10.00 Å². The maximum absolute atomic E-state index is 13.0. The molecule has 6 heteroatoms. The molecule has 0 aliphatic heterocycles. The number of nitrogens with zero attached hydrogens (tertiary/aromatic N) is 2. The van der Waals surface area contributed by atoms with Crippen LogP contribution in [0, 0.1) is 11.3 Å². The van der Waals surface area contributed by atoms with Crippen molar-refractivity contribution in [3.05, 3.63) is 70.5 Å². The molecule has 27 heavy (non-hydrogen) atoms. The maximum Gasteiger partial charge on any atom is 0.427 e. The summed E-state index contributed by atoms with van der Waals surface area (Å²) in [6.45, 7) is 5.24. The van der Waals surface area contributed by atoms with Crippen LogP contribution in [0.15, 0.2) is 59.4 Å². The van der Waals surface area contributed by atoms with Gasteiger partial charge in [0.25, 0.3) is 5.56 Å². The first-order chi connectivity index (χ1) is 12.8. The van der Waals surface area contributed by atoms with Gasteiger partial charge >= 0.3 is 6.09 Å². The first-order valence-corrected chi connectivity index (χ1v) is 8.44. The van der Waals surface area contributed by atoms with Gasteiger partial charge in [-0.15, -0.1) is 0 Å². The summed E-state index contributed by atoms with van der Waals surface area (Å²) in [7, 11) is 0. The van der Waals surface area contributed by atoms with Gasteiger partial charge in [-0.3, -0.25) is 4.79 Å². The molecular formula is C21H19N3O3. The van der Waals surface area contributed by atoms with Gasteiger partial charge in [-0.05, 0) is 50.4 Å². The minimum Gasteiger partial charge on any atom is -0.443 e. The van der Waals surface area contributed by atoms with E-state index in [9.17, 15) is 9.59 Å². The molecule has 3 rings (SSSR count). The molecule has 6 nitrogen and oxygen atoms in total. The lowest BCUT2D eigenvalue weighted by Crippen LogP contribution is -2.37. The summed E-state index contributed by atoms with van der Waals surface area (Å²) in [4.78, 5) is 25.3. The van der Waals surface area contributed by atoms with E-state index in [1.165, 1.54) is 4.68 Å². The maximum atomic E-state index is 13.0. The van der Waals surface area contributed by atoms with Crippen LogP contribution in [0.4, 0.5) is 4.79 Å². The lowest BCUT2D eigenvalue weighted by Gasteiger charge is -2.21. The number of fused-ring (bicyclic) bond motifs is 1. The third kappa shape index (κ3) is 3.98. The minimum absolute atomic E-state index is 0.363. The second-order valence-electron chi connectivity index (χ2n) is 7.06. The normalized spacial score (nSPS) is 11.0. The number of ether oxygens (including phenoxy) is 1. The Labute approximate surface area is 156 Å². The van der Waals surface area contributed by atoms with Crippen molar-refractivity contribution in [1.29, 1.82) is 5.26 Å². The molecule has 0 unspecified atom stereocenters. The van der Waals surface area contributed by atoms with Gasteiger partial charge in [-0.25, -0.2) is 14.9 Å². The van der Waals surface area contributed by atoms with Gasteiger partial charge in [0.05, 0.1) is 17.3 Å². The van der Waals surface area contributed by atoms with Gasteiger partial charge in [-0.2, -0.15) is 5.26 Å². The van der Waals surface area contributed by atoms with Gasteiger partial charge in [0.15, 0.2) is 0 Å². The van der Waals surface area contributed by atoms with Crippen LogP contribution in [0.2, 0.25) is 0 Å².